The first-order valence-electron chi connectivity index (χ1n) is 11.7. The number of ketones is 1. The highest BCUT2D eigenvalue weighted by molar-refractivity contribution is 7.99. The van der Waals surface area contributed by atoms with Gasteiger partial charge in [-0.25, -0.2) is 0 Å². The summed E-state index contributed by atoms with van der Waals surface area (Å²) in [4.78, 5) is 26.7. The standard InChI is InChI=1S/C26H36N2O3S2/c1-4-5-13-22(24(29)18-33-17-21-12-9-14-31-21)28-26(30)23(15-19(2)3)27-25(32)16-20-10-7-6-8-11-20/h6-12,14,19,22-23H,4-5,13,15-18H2,1-3H3,(H,27,32)(H,28,30). The van der Waals surface area contributed by atoms with E-state index < -0.39 is 12.1 Å². The van der Waals surface area contributed by atoms with Crippen LogP contribution in [0.5, 0.6) is 0 Å². The summed E-state index contributed by atoms with van der Waals surface area (Å²) in [5.74, 6) is 2.01. The molecule has 0 radical (unpaired) electrons. The first-order valence-corrected chi connectivity index (χ1v) is 13.2. The summed E-state index contributed by atoms with van der Waals surface area (Å²) in [5.41, 5.74) is 1.10. The lowest BCUT2D eigenvalue weighted by atomic mass is 10.0. The van der Waals surface area contributed by atoms with E-state index in [1.165, 1.54) is 11.8 Å². The van der Waals surface area contributed by atoms with Crippen LogP contribution < -0.4 is 10.6 Å². The molecule has 1 aromatic carbocycles. The van der Waals surface area contributed by atoms with Crippen LogP contribution in [0.15, 0.2) is 53.1 Å². The second kappa shape index (κ2) is 14.9. The van der Waals surface area contributed by atoms with Gasteiger partial charge in [-0.05, 0) is 36.5 Å². The minimum atomic E-state index is -0.485. The second-order valence-corrected chi connectivity index (χ2v) is 10.1. The van der Waals surface area contributed by atoms with Crippen molar-refractivity contribution < 1.29 is 14.0 Å². The molecule has 2 rings (SSSR count). The molecule has 0 aliphatic carbocycles. The lowest BCUT2D eigenvalue weighted by molar-refractivity contribution is -0.128. The third-order valence-electron chi connectivity index (χ3n) is 5.19. The van der Waals surface area contributed by atoms with Crippen LogP contribution in [0.3, 0.4) is 0 Å². The fraction of sp³-hybridized carbons (Fsp3) is 0.500. The number of furan rings is 1. The van der Waals surface area contributed by atoms with E-state index in [1.54, 1.807) is 6.26 Å². The SMILES string of the molecule is CCCCC(NC(=O)C(CC(C)C)NC(=S)Cc1ccccc1)C(=O)CSCc1ccco1. The van der Waals surface area contributed by atoms with E-state index in [1.807, 2.05) is 42.5 Å². The maximum absolute atomic E-state index is 13.2. The van der Waals surface area contributed by atoms with Gasteiger partial charge in [-0.2, -0.15) is 0 Å². The van der Waals surface area contributed by atoms with Crippen molar-refractivity contribution in [1.82, 2.24) is 10.6 Å². The van der Waals surface area contributed by atoms with Crippen LogP contribution in [-0.4, -0.2) is 34.5 Å². The number of thiocarbonyl (C=S) groups is 1. The molecule has 0 aliphatic rings. The summed E-state index contributed by atoms with van der Waals surface area (Å²) in [7, 11) is 0. The topological polar surface area (TPSA) is 71.3 Å². The number of amides is 1. The molecule has 2 aromatic rings. The summed E-state index contributed by atoms with van der Waals surface area (Å²) in [5, 5.41) is 6.27. The van der Waals surface area contributed by atoms with Crippen molar-refractivity contribution in [2.24, 2.45) is 5.92 Å². The van der Waals surface area contributed by atoms with E-state index in [2.05, 4.69) is 31.4 Å². The number of benzene rings is 1. The molecule has 1 aromatic heterocycles. The van der Waals surface area contributed by atoms with E-state index in [0.29, 0.717) is 41.7 Å². The summed E-state index contributed by atoms with van der Waals surface area (Å²) < 4.78 is 5.33. The van der Waals surface area contributed by atoms with Gasteiger partial charge >= 0.3 is 0 Å². The Labute approximate surface area is 207 Å². The molecule has 2 N–H and O–H groups in total. The van der Waals surface area contributed by atoms with Gasteiger partial charge in [-0.3, -0.25) is 9.59 Å². The highest BCUT2D eigenvalue weighted by Crippen LogP contribution is 2.15. The molecule has 180 valence electrons. The highest BCUT2D eigenvalue weighted by atomic mass is 32.2. The van der Waals surface area contributed by atoms with Gasteiger partial charge in [0.05, 0.1) is 28.8 Å². The van der Waals surface area contributed by atoms with Crippen LogP contribution in [0, 0.1) is 5.92 Å². The van der Waals surface area contributed by atoms with Gasteiger partial charge in [0.1, 0.15) is 11.8 Å². The molecule has 0 spiro atoms. The summed E-state index contributed by atoms with van der Waals surface area (Å²) in [6.07, 6.45) is 5.35. The van der Waals surface area contributed by atoms with Crippen molar-refractivity contribution in [1.29, 1.82) is 0 Å². The van der Waals surface area contributed by atoms with Gasteiger partial charge < -0.3 is 15.1 Å². The first-order chi connectivity index (χ1) is 15.9. The highest BCUT2D eigenvalue weighted by Gasteiger charge is 2.26. The molecule has 7 heteroatoms. The number of carbonyl (C=O) groups excluding carboxylic acids is 2. The molecule has 2 unspecified atom stereocenters. The summed E-state index contributed by atoms with van der Waals surface area (Å²) in [6.45, 7) is 6.24. The fourth-order valence-corrected chi connectivity index (χ4v) is 4.65. The van der Waals surface area contributed by atoms with Crippen LogP contribution in [0.25, 0.3) is 0 Å². The molecule has 33 heavy (non-hydrogen) atoms. The van der Waals surface area contributed by atoms with E-state index in [-0.39, 0.29) is 11.7 Å². The van der Waals surface area contributed by atoms with Crippen molar-refractivity contribution in [3.05, 3.63) is 60.1 Å². The molecular formula is C26H36N2O3S2. The van der Waals surface area contributed by atoms with Crippen LogP contribution in [0.2, 0.25) is 0 Å². The van der Waals surface area contributed by atoms with Crippen LogP contribution in [0.4, 0.5) is 0 Å². The van der Waals surface area contributed by atoms with Crippen LogP contribution >= 0.6 is 24.0 Å². The molecule has 1 heterocycles. The predicted octanol–water partition coefficient (Wildman–Crippen LogP) is 5.33. The molecule has 2 atom stereocenters. The number of rotatable bonds is 15. The number of hydrogen-bond acceptors (Lipinski definition) is 5. The third kappa shape index (κ3) is 10.6. The van der Waals surface area contributed by atoms with Gasteiger partial charge in [0.15, 0.2) is 5.78 Å². The molecule has 1 amide bonds. The normalized spacial score (nSPS) is 12.8. The zero-order chi connectivity index (χ0) is 24.1. The Kier molecular flexibility index (Phi) is 12.3. The Balaban J connectivity index is 1.96. The Hall–Kier alpha value is -2.12. The largest absolute Gasteiger partial charge is 0.468 e. The van der Waals surface area contributed by atoms with E-state index in [4.69, 9.17) is 16.6 Å². The molecule has 0 fully saturated rings. The zero-order valence-corrected chi connectivity index (χ0v) is 21.5. The monoisotopic (exact) mass is 488 g/mol. The molecule has 0 saturated carbocycles. The molecule has 0 saturated heterocycles. The average molecular weight is 489 g/mol. The second-order valence-electron chi connectivity index (χ2n) is 8.65. The van der Waals surface area contributed by atoms with Gasteiger partial charge in [0.2, 0.25) is 5.91 Å². The van der Waals surface area contributed by atoms with Gasteiger partial charge in [-0.1, -0.05) is 76.2 Å². The molecule has 0 aliphatic heterocycles. The molecule has 0 bridgehead atoms. The van der Waals surface area contributed by atoms with E-state index >= 15 is 0 Å². The summed E-state index contributed by atoms with van der Waals surface area (Å²) in [6, 6.07) is 12.7. The minimum absolute atomic E-state index is 0.0449. The molecular weight excluding hydrogens is 452 g/mol. The number of unbranched alkanes of at least 4 members (excludes halogenated alkanes) is 1. The Morgan fingerprint density at radius 1 is 1.06 bits per heavy atom. The number of hydrogen-bond donors (Lipinski definition) is 2. The lowest BCUT2D eigenvalue weighted by Gasteiger charge is -2.25. The van der Waals surface area contributed by atoms with Crippen molar-refractivity contribution in [3.8, 4) is 0 Å². The van der Waals surface area contributed by atoms with Crippen molar-refractivity contribution in [2.75, 3.05) is 5.75 Å². The van der Waals surface area contributed by atoms with Gasteiger partial charge in [-0.15, -0.1) is 11.8 Å². The Morgan fingerprint density at radius 2 is 1.82 bits per heavy atom. The fourth-order valence-electron chi connectivity index (χ4n) is 3.47. The van der Waals surface area contributed by atoms with Gasteiger partial charge in [0.25, 0.3) is 0 Å². The number of Topliss-reactive ketones (excluding diaryl/α,β-unsaturated/α-hetero) is 1. The maximum Gasteiger partial charge on any atom is 0.243 e. The van der Waals surface area contributed by atoms with E-state index in [9.17, 15) is 9.59 Å². The van der Waals surface area contributed by atoms with Crippen molar-refractivity contribution in [2.45, 2.75) is 70.7 Å². The third-order valence-corrected chi connectivity index (χ3v) is 6.43. The number of carbonyl (C=O) groups is 2. The zero-order valence-electron chi connectivity index (χ0n) is 19.8. The quantitative estimate of drug-likeness (QED) is 0.330. The van der Waals surface area contributed by atoms with E-state index in [0.717, 1.165) is 24.2 Å². The molecule has 5 nitrogen and oxygen atoms in total. The lowest BCUT2D eigenvalue weighted by Crippen LogP contribution is -2.52. The Morgan fingerprint density at radius 3 is 2.45 bits per heavy atom. The van der Waals surface area contributed by atoms with Crippen LogP contribution in [-0.2, 0) is 21.8 Å². The minimum Gasteiger partial charge on any atom is -0.468 e. The predicted molar refractivity (Wildman–Crippen MR) is 140 cm³/mol. The maximum atomic E-state index is 13.2. The van der Waals surface area contributed by atoms with Crippen molar-refractivity contribution >= 4 is 40.7 Å². The van der Waals surface area contributed by atoms with Gasteiger partial charge in [0, 0.05) is 6.42 Å². The van der Waals surface area contributed by atoms with Crippen molar-refractivity contribution in [3.63, 3.8) is 0 Å². The Bertz CT molecular complexity index is 854. The average Bonchev–Trinajstić information content (AvgIpc) is 3.29. The number of nitrogens with one attached hydrogen (secondary N) is 2. The number of thioether (sulfide) groups is 1. The smallest absolute Gasteiger partial charge is 0.243 e. The summed E-state index contributed by atoms with van der Waals surface area (Å²) >= 11 is 7.05. The first kappa shape index (κ1) is 27.1. The van der Waals surface area contributed by atoms with Crippen LogP contribution in [0.1, 0.15) is 57.8 Å².